The topological polar surface area (TPSA) is 88.9 Å². The van der Waals surface area contributed by atoms with Gasteiger partial charge in [0.2, 0.25) is 5.91 Å². The number of anilines is 2. The van der Waals surface area contributed by atoms with Crippen LogP contribution in [-0.4, -0.2) is 26.6 Å². The number of aromatic nitrogens is 3. The highest BCUT2D eigenvalue weighted by Crippen LogP contribution is 2.19. The summed E-state index contributed by atoms with van der Waals surface area (Å²) in [5.41, 5.74) is 3.56. The summed E-state index contributed by atoms with van der Waals surface area (Å²) in [6.45, 7) is 5.29. The van der Waals surface area contributed by atoms with Gasteiger partial charge < -0.3 is 10.6 Å². The van der Waals surface area contributed by atoms with Gasteiger partial charge >= 0.3 is 0 Å². The zero-order valence-electron chi connectivity index (χ0n) is 14.8. The first-order chi connectivity index (χ1) is 12.4. The quantitative estimate of drug-likeness (QED) is 0.757. The van der Waals surface area contributed by atoms with Crippen LogP contribution in [0.5, 0.6) is 0 Å². The van der Waals surface area contributed by atoms with E-state index in [2.05, 4.69) is 20.7 Å². The van der Waals surface area contributed by atoms with Crippen molar-refractivity contribution in [3.63, 3.8) is 0 Å². The molecule has 2 aromatic heterocycles. The third-order valence-corrected chi connectivity index (χ3v) is 3.75. The fourth-order valence-electron chi connectivity index (χ4n) is 2.50. The molecular formula is C19H19N5O2. The molecule has 7 nitrogen and oxygen atoms in total. The lowest BCUT2D eigenvalue weighted by Gasteiger charge is -2.09. The first-order valence-electron chi connectivity index (χ1n) is 8.11. The monoisotopic (exact) mass is 349 g/mol. The van der Waals surface area contributed by atoms with E-state index in [0.29, 0.717) is 5.69 Å². The average Bonchev–Trinajstić information content (AvgIpc) is 2.99. The molecule has 26 heavy (non-hydrogen) atoms. The number of hydrogen-bond acceptors (Lipinski definition) is 4. The molecule has 2 N–H and O–H groups in total. The van der Waals surface area contributed by atoms with Crippen LogP contribution in [0.4, 0.5) is 11.5 Å². The van der Waals surface area contributed by atoms with Gasteiger partial charge in [-0.15, -0.1) is 0 Å². The van der Waals surface area contributed by atoms with Crippen molar-refractivity contribution in [2.24, 2.45) is 0 Å². The van der Waals surface area contributed by atoms with Crippen LogP contribution in [0.25, 0.3) is 5.69 Å². The van der Waals surface area contributed by atoms with Gasteiger partial charge in [-0.2, -0.15) is 5.10 Å². The molecule has 3 rings (SSSR count). The number of pyridine rings is 1. The largest absolute Gasteiger partial charge is 0.323 e. The Kier molecular flexibility index (Phi) is 4.79. The Bertz CT molecular complexity index is 960. The van der Waals surface area contributed by atoms with Crippen LogP contribution in [-0.2, 0) is 4.79 Å². The van der Waals surface area contributed by atoms with Crippen molar-refractivity contribution in [2.75, 3.05) is 10.6 Å². The van der Waals surface area contributed by atoms with E-state index < -0.39 is 5.91 Å². The number of hydrogen-bond donors (Lipinski definition) is 2. The molecule has 1 aromatic carbocycles. The van der Waals surface area contributed by atoms with Gasteiger partial charge in [-0.3, -0.25) is 9.59 Å². The van der Waals surface area contributed by atoms with Crippen LogP contribution in [0.3, 0.4) is 0 Å². The van der Waals surface area contributed by atoms with E-state index in [1.165, 1.54) is 13.1 Å². The van der Waals surface area contributed by atoms with Gasteiger partial charge in [0, 0.05) is 18.8 Å². The number of rotatable bonds is 4. The lowest BCUT2D eigenvalue weighted by molar-refractivity contribution is -0.114. The highest BCUT2D eigenvalue weighted by molar-refractivity contribution is 6.05. The van der Waals surface area contributed by atoms with Gasteiger partial charge in [0.25, 0.3) is 5.91 Å². The number of carbonyl (C=O) groups is 2. The summed E-state index contributed by atoms with van der Waals surface area (Å²) in [5, 5.41) is 9.71. The molecule has 0 saturated heterocycles. The summed E-state index contributed by atoms with van der Waals surface area (Å²) in [6.07, 6.45) is 1.54. The normalized spacial score (nSPS) is 10.4. The predicted molar refractivity (Wildman–Crippen MR) is 99.5 cm³/mol. The van der Waals surface area contributed by atoms with E-state index >= 15 is 0 Å². The third kappa shape index (κ3) is 3.77. The van der Waals surface area contributed by atoms with Gasteiger partial charge in [0.05, 0.1) is 11.4 Å². The Balaban J connectivity index is 1.85. The molecule has 0 unspecified atom stereocenters. The summed E-state index contributed by atoms with van der Waals surface area (Å²) in [4.78, 5) is 28.0. The Morgan fingerprint density at radius 2 is 1.77 bits per heavy atom. The molecular weight excluding hydrogens is 330 g/mol. The molecule has 0 spiro atoms. The number of carbonyl (C=O) groups excluding carboxylic acids is 2. The SMILES string of the molecule is CC(=O)Nc1cccnc1NC(=O)c1cc(C)n(-c2ccc(C)cc2)n1. The summed E-state index contributed by atoms with van der Waals surface area (Å²) in [7, 11) is 0. The Morgan fingerprint density at radius 1 is 1.04 bits per heavy atom. The molecule has 0 saturated carbocycles. The van der Waals surface area contributed by atoms with Crippen molar-refractivity contribution in [1.82, 2.24) is 14.8 Å². The number of nitrogens with zero attached hydrogens (tertiary/aromatic N) is 3. The molecule has 0 bridgehead atoms. The maximum Gasteiger partial charge on any atom is 0.277 e. The second-order valence-electron chi connectivity index (χ2n) is 5.95. The van der Waals surface area contributed by atoms with Gasteiger partial charge in [0.1, 0.15) is 0 Å². The Hall–Kier alpha value is -3.48. The zero-order valence-corrected chi connectivity index (χ0v) is 14.8. The van der Waals surface area contributed by atoms with Gasteiger partial charge in [0.15, 0.2) is 11.5 Å². The number of amides is 2. The number of aryl methyl sites for hydroxylation is 2. The standard InChI is InChI=1S/C19H19N5O2/c1-12-6-8-15(9-7-12)24-13(2)11-17(23-24)19(26)22-18-16(21-14(3)25)5-4-10-20-18/h4-11H,1-3H3,(H,21,25)(H,20,22,26). The van der Waals surface area contributed by atoms with Gasteiger partial charge in [-0.05, 0) is 44.2 Å². The molecule has 2 amide bonds. The summed E-state index contributed by atoms with van der Waals surface area (Å²) in [6, 6.07) is 12.9. The second-order valence-corrected chi connectivity index (χ2v) is 5.95. The number of benzene rings is 1. The van der Waals surface area contributed by atoms with Crippen LogP contribution in [0.1, 0.15) is 28.7 Å². The minimum Gasteiger partial charge on any atom is -0.323 e. The molecule has 0 aliphatic carbocycles. The summed E-state index contributed by atoms with van der Waals surface area (Å²) in [5.74, 6) is -0.368. The Labute approximate surface area is 151 Å². The maximum absolute atomic E-state index is 12.6. The first kappa shape index (κ1) is 17.3. The molecule has 0 fully saturated rings. The minimum atomic E-state index is -0.399. The van der Waals surface area contributed by atoms with Crippen LogP contribution < -0.4 is 10.6 Å². The highest BCUT2D eigenvalue weighted by Gasteiger charge is 2.16. The molecule has 132 valence electrons. The lowest BCUT2D eigenvalue weighted by Crippen LogP contribution is -2.17. The van der Waals surface area contributed by atoms with Crippen molar-refractivity contribution in [3.05, 3.63) is 65.6 Å². The van der Waals surface area contributed by atoms with Gasteiger partial charge in [-0.25, -0.2) is 9.67 Å². The first-order valence-corrected chi connectivity index (χ1v) is 8.11. The summed E-state index contributed by atoms with van der Waals surface area (Å²) < 4.78 is 1.71. The smallest absolute Gasteiger partial charge is 0.277 e. The molecule has 0 aliphatic heterocycles. The van der Waals surface area contributed by atoms with Crippen molar-refractivity contribution < 1.29 is 9.59 Å². The van der Waals surface area contributed by atoms with E-state index in [1.807, 2.05) is 38.1 Å². The van der Waals surface area contributed by atoms with E-state index in [9.17, 15) is 9.59 Å². The van der Waals surface area contributed by atoms with Crippen LogP contribution in [0, 0.1) is 13.8 Å². The van der Waals surface area contributed by atoms with Gasteiger partial charge in [-0.1, -0.05) is 17.7 Å². The van der Waals surface area contributed by atoms with Crippen LogP contribution in [0.15, 0.2) is 48.7 Å². The molecule has 0 atom stereocenters. The van der Waals surface area contributed by atoms with Crippen molar-refractivity contribution in [1.29, 1.82) is 0 Å². The highest BCUT2D eigenvalue weighted by atomic mass is 16.2. The molecule has 7 heteroatoms. The fraction of sp³-hybridized carbons (Fsp3) is 0.158. The van der Waals surface area contributed by atoms with E-state index in [-0.39, 0.29) is 17.4 Å². The third-order valence-electron chi connectivity index (χ3n) is 3.75. The van der Waals surface area contributed by atoms with E-state index in [0.717, 1.165) is 16.9 Å². The predicted octanol–water partition coefficient (Wildman–Crippen LogP) is 3.09. The number of nitrogens with one attached hydrogen (secondary N) is 2. The minimum absolute atomic E-state index is 0.243. The van der Waals surface area contributed by atoms with Crippen molar-refractivity contribution in [2.45, 2.75) is 20.8 Å². The molecule has 3 aromatic rings. The second kappa shape index (κ2) is 7.18. The van der Waals surface area contributed by atoms with E-state index in [1.54, 1.807) is 22.9 Å². The Morgan fingerprint density at radius 3 is 2.46 bits per heavy atom. The fourth-order valence-corrected chi connectivity index (χ4v) is 2.50. The molecule has 2 heterocycles. The van der Waals surface area contributed by atoms with Crippen LogP contribution >= 0.6 is 0 Å². The zero-order chi connectivity index (χ0) is 18.7. The van der Waals surface area contributed by atoms with E-state index in [4.69, 9.17) is 0 Å². The maximum atomic E-state index is 12.6. The lowest BCUT2D eigenvalue weighted by atomic mass is 10.2. The summed E-state index contributed by atoms with van der Waals surface area (Å²) >= 11 is 0. The molecule has 0 aliphatic rings. The van der Waals surface area contributed by atoms with Crippen LogP contribution in [0.2, 0.25) is 0 Å². The van der Waals surface area contributed by atoms with Crippen molar-refractivity contribution >= 4 is 23.3 Å². The van der Waals surface area contributed by atoms with Crippen molar-refractivity contribution in [3.8, 4) is 5.69 Å². The molecule has 0 radical (unpaired) electrons. The average molecular weight is 349 g/mol.